The van der Waals surface area contributed by atoms with E-state index in [1.165, 1.54) is 28.4 Å². The summed E-state index contributed by atoms with van der Waals surface area (Å²) in [5.41, 5.74) is 4.04. The number of hydroxylamine groups is 1. The first-order chi connectivity index (χ1) is 18.8. The maximum Gasteiger partial charge on any atom is 0.471 e. The Morgan fingerprint density at radius 1 is 1.03 bits per heavy atom. The van der Waals surface area contributed by atoms with E-state index in [0.717, 1.165) is 27.4 Å². The van der Waals surface area contributed by atoms with Crippen LogP contribution in [0.15, 0.2) is 76.8 Å². The van der Waals surface area contributed by atoms with E-state index >= 15 is 0 Å². The molecule has 1 N–H and O–H groups in total. The van der Waals surface area contributed by atoms with E-state index < -0.39 is 16.4 Å². The number of hydrogen-bond donors (Lipinski definition) is 1. The van der Waals surface area contributed by atoms with Crippen molar-refractivity contribution < 1.29 is 21.7 Å². The normalized spacial score (nSPS) is 14.0. The van der Waals surface area contributed by atoms with E-state index in [1.807, 2.05) is 60.7 Å². The predicted molar refractivity (Wildman–Crippen MR) is 151 cm³/mol. The van der Waals surface area contributed by atoms with Gasteiger partial charge in [0, 0.05) is 19.3 Å². The van der Waals surface area contributed by atoms with Gasteiger partial charge in [0.25, 0.3) is 0 Å². The second-order valence-corrected chi connectivity index (χ2v) is 11.3. The second-order valence-electron chi connectivity index (χ2n) is 8.57. The standard InChI is InChI=1S/C26H25N5O5S3/c1-17-23-24(37-2)22(25(28-17)38-3)31(36-39(33,34)35-23)26(32)30(15-18-8-5-4-6-9-18)16-19-10-7-11-20(14-19)21-12-13-27-29-21/h4-14H,15-16H2,1-3H3,(H,27,29). The fourth-order valence-electron chi connectivity index (χ4n) is 4.20. The highest BCUT2D eigenvalue weighted by molar-refractivity contribution is 7.99. The molecule has 4 aromatic rings. The van der Waals surface area contributed by atoms with Gasteiger partial charge in [-0.15, -0.1) is 32.9 Å². The predicted octanol–water partition coefficient (Wildman–Crippen LogP) is 5.42. The number of H-pyrrole nitrogens is 1. The Kier molecular flexibility index (Phi) is 7.84. The number of aromatic nitrogens is 3. The fraction of sp³-hybridized carbons (Fsp3) is 0.192. The first kappa shape index (κ1) is 27.1. The minimum atomic E-state index is -4.62. The van der Waals surface area contributed by atoms with Crippen molar-refractivity contribution in [3.63, 3.8) is 0 Å². The van der Waals surface area contributed by atoms with Crippen molar-refractivity contribution in [2.75, 3.05) is 17.6 Å². The molecule has 0 spiro atoms. The van der Waals surface area contributed by atoms with Crippen LogP contribution in [-0.4, -0.2) is 47.0 Å². The van der Waals surface area contributed by atoms with Crippen molar-refractivity contribution in [2.45, 2.75) is 29.9 Å². The summed E-state index contributed by atoms with van der Waals surface area (Å²) in [4.78, 5) is 20.7. The molecule has 13 heteroatoms. The van der Waals surface area contributed by atoms with Gasteiger partial charge in [-0.3, -0.25) is 5.10 Å². The Morgan fingerprint density at radius 3 is 2.46 bits per heavy atom. The lowest BCUT2D eigenvalue weighted by Crippen LogP contribution is -2.44. The SMILES string of the molecule is CSc1nc(C)c2c(SC)c1N(C(=O)N(Cc1ccccc1)Cc1cccc(-c3ccn[nH]3)c1)OS(=O)(=O)O2. The number of thioether (sulfide) groups is 2. The number of hydrogen-bond acceptors (Lipinski definition) is 9. The number of urea groups is 1. The number of pyridine rings is 1. The molecule has 1 aliphatic rings. The highest BCUT2D eigenvalue weighted by atomic mass is 32.3. The van der Waals surface area contributed by atoms with E-state index in [1.54, 1.807) is 25.6 Å². The first-order valence-corrected chi connectivity index (χ1v) is 15.6. The number of amides is 2. The molecule has 2 amide bonds. The number of benzene rings is 2. The van der Waals surface area contributed by atoms with Gasteiger partial charge < -0.3 is 9.08 Å². The number of carbonyl (C=O) groups is 1. The lowest BCUT2D eigenvalue weighted by Gasteiger charge is -2.29. The van der Waals surface area contributed by atoms with E-state index in [4.69, 9.17) is 8.47 Å². The maximum atomic E-state index is 14.2. The van der Waals surface area contributed by atoms with Crippen LogP contribution in [0.2, 0.25) is 0 Å². The zero-order valence-electron chi connectivity index (χ0n) is 21.3. The lowest BCUT2D eigenvalue weighted by molar-refractivity contribution is 0.165. The fourth-order valence-corrected chi connectivity index (χ4v) is 6.44. The summed E-state index contributed by atoms with van der Waals surface area (Å²) in [5.74, 6) is 0.0486. The summed E-state index contributed by atoms with van der Waals surface area (Å²) < 4.78 is 36.3. The van der Waals surface area contributed by atoms with Crippen molar-refractivity contribution in [1.82, 2.24) is 20.1 Å². The average Bonchev–Trinajstić information content (AvgIpc) is 3.45. The molecular formula is C26H25N5O5S3. The number of fused-ring (bicyclic) bond motifs is 2. The Labute approximate surface area is 235 Å². The van der Waals surface area contributed by atoms with Gasteiger partial charge in [-0.05, 0) is 48.3 Å². The molecule has 0 fully saturated rings. The van der Waals surface area contributed by atoms with E-state index in [-0.39, 0.29) is 24.5 Å². The number of carbonyl (C=O) groups excluding carboxylic acids is 1. The van der Waals surface area contributed by atoms with Gasteiger partial charge in [0.2, 0.25) is 0 Å². The van der Waals surface area contributed by atoms with Crippen LogP contribution in [0.5, 0.6) is 5.75 Å². The van der Waals surface area contributed by atoms with E-state index in [0.29, 0.717) is 15.6 Å². The van der Waals surface area contributed by atoms with Gasteiger partial charge >= 0.3 is 16.4 Å². The Morgan fingerprint density at radius 2 is 1.77 bits per heavy atom. The largest absolute Gasteiger partial charge is 0.471 e. The van der Waals surface area contributed by atoms with Crippen LogP contribution in [0, 0.1) is 6.92 Å². The van der Waals surface area contributed by atoms with Gasteiger partial charge in [-0.25, -0.2) is 9.78 Å². The highest BCUT2D eigenvalue weighted by Crippen LogP contribution is 2.46. The number of aryl methyl sites for hydroxylation is 1. The molecule has 0 saturated heterocycles. The summed E-state index contributed by atoms with van der Waals surface area (Å²) in [7, 11) is -4.62. The Hall–Kier alpha value is -3.52. The smallest absolute Gasteiger partial charge is 0.357 e. The molecule has 1 aliphatic heterocycles. The zero-order valence-corrected chi connectivity index (χ0v) is 23.8. The average molecular weight is 584 g/mol. The van der Waals surface area contributed by atoms with Gasteiger partial charge in [-0.1, -0.05) is 48.5 Å². The summed E-state index contributed by atoms with van der Waals surface area (Å²) in [6, 6.07) is 18.3. The highest BCUT2D eigenvalue weighted by Gasteiger charge is 2.39. The second kappa shape index (κ2) is 11.3. The molecule has 3 heterocycles. The Balaban J connectivity index is 1.59. The maximum absolute atomic E-state index is 14.2. The van der Waals surface area contributed by atoms with E-state index in [9.17, 15) is 13.2 Å². The first-order valence-electron chi connectivity index (χ1n) is 11.8. The van der Waals surface area contributed by atoms with Crippen molar-refractivity contribution in [3.05, 3.63) is 83.7 Å². The third-order valence-corrected chi connectivity index (χ3v) is 8.11. The molecule has 202 valence electrons. The molecule has 2 bridgehead atoms. The van der Waals surface area contributed by atoms with Crippen LogP contribution in [0.25, 0.3) is 11.3 Å². The number of nitrogens with one attached hydrogen (secondary N) is 1. The lowest BCUT2D eigenvalue weighted by atomic mass is 10.1. The van der Waals surface area contributed by atoms with Crippen LogP contribution >= 0.6 is 23.5 Å². The molecular weight excluding hydrogens is 559 g/mol. The summed E-state index contributed by atoms with van der Waals surface area (Å²) in [5, 5.41) is 8.19. The molecule has 0 aliphatic carbocycles. The number of rotatable bonds is 7. The van der Waals surface area contributed by atoms with Gasteiger partial charge in [-0.2, -0.15) is 13.5 Å². The van der Waals surface area contributed by atoms with Gasteiger partial charge in [0.1, 0.15) is 10.7 Å². The third kappa shape index (κ3) is 5.76. The van der Waals surface area contributed by atoms with Crippen molar-refractivity contribution in [3.8, 4) is 17.0 Å². The quantitative estimate of drug-likeness (QED) is 0.285. The van der Waals surface area contributed by atoms with Gasteiger partial charge in [0.05, 0.1) is 16.3 Å². The molecule has 2 aromatic carbocycles. The summed E-state index contributed by atoms with van der Waals surface area (Å²) in [6.07, 6.45) is 5.25. The number of nitrogens with zero attached hydrogens (tertiary/aromatic N) is 4. The molecule has 5 rings (SSSR count). The van der Waals surface area contributed by atoms with Crippen molar-refractivity contribution >= 4 is 45.6 Å². The van der Waals surface area contributed by atoms with Gasteiger partial charge in [0.15, 0.2) is 5.75 Å². The van der Waals surface area contributed by atoms with Crippen LogP contribution in [0.3, 0.4) is 0 Å². The van der Waals surface area contributed by atoms with Crippen LogP contribution in [-0.2, 0) is 27.8 Å². The topological polar surface area (TPSA) is 118 Å². The molecule has 0 atom stereocenters. The number of aromatic amines is 1. The minimum Gasteiger partial charge on any atom is -0.357 e. The molecule has 0 unspecified atom stereocenters. The third-order valence-electron chi connectivity index (χ3n) is 5.95. The van der Waals surface area contributed by atoms with E-state index in [2.05, 4.69) is 15.2 Å². The van der Waals surface area contributed by atoms with Crippen LogP contribution in [0.1, 0.15) is 16.8 Å². The minimum absolute atomic E-state index is 0.0486. The van der Waals surface area contributed by atoms with Crippen molar-refractivity contribution in [2.24, 2.45) is 0 Å². The summed E-state index contributed by atoms with van der Waals surface area (Å²) >= 11 is 2.53. The van der Waals surface area contributed by atoms with Crippen LogP contribution < -0.4 is 9.25 Å². The molecule has 39 heavy (non-hydrogen) atoms. The molecule has 0 radical (unpaired) electrons. The monoisotopic (exact) mass is 583 g/mol. The summed E-state index contributed by atoms with van der Waals surface area (Å²) in [6.45, 7) is 2.02. The number of anilines is 1. The van der Waals surface area contributed by atoms with Crippen molar-refractivity contribution in [1.29, 1.82) is 0 Å². The Bertz CT molecular complexity index is 1600. The molecule has 2 aromatic heterocycles. The zero-order chi connectivity index (χ0) is 27.6. The molecule has 0 saturated carbocycles. The van der Waals surface area contributed by atoms with Crippen LogP contribution in [0.4, 0.5) is 10.5 Å². The molecule has 10 nitrogen and oxygen atoms in total.